The molecule has 0 aliphatic carbocycles. The standard InChI is InChI=1S/C25H24N2S2/c1-24(17-19-11-5-2-6-12-19)25(29-23(27-24)21-15-9-4-10-16-21)18-26-22(28-25)20-13-7-3-8-14-20/h2-16,22,26H,17-18H2,1H3/t22-,24+,25+/m0/s1. The third-order valence-corrected chi connectivity index (χ3v) is 9.39. The molecule has 1 saturated heterocycles. The van der Waals surface area contributed by atoms with Gasteiger partial charge in [-0.15, -0.1) is 11.8 Å². The van der Waals surface area contributed by atoms with Gasteiger partial charge < -0.3 is 0 Å². The highest BCUT2D eigenvalue weighted by atomic mass is 32.2. The maximum absolute atomic E-state index is 5.37. The molecule has 1 fully saturated rings. The first-order chi connectivity index (χ1) is 14.2. The van der Waals surface area contributed by atoms with E-state index in [1.54, 1.807) is 0 Å². The topological polar surface area (TPSA) is 24.4 Å². The van der Waals surface area contributed by atoms with Gasteiger partial charge >= 0.3 is 0 Å². The third kappa shape index (κ3) is 3.54. The summed E-state index contributed by atoms with van der Waals surface area (Å²) in [6.45, 7) is 3.27. The van der Waals surface area contributed by atoms with Gasteiger partial charge in [0.25, 0.3) is 0 Å². The van der Waals surface area contributed by atoms with Gasteiger partial charge in [-0.3, -0.25) is 10.3 Å². The fraction of sp³-hybridized carbons (Fsp3) is 0.240. The lowest BCUT2D eigenvalue weighted by Crippen LogP contribution is -2.46. The number of benzene rings is 3. The third-order valence-electron chi connectivity index (χ3n) is 5.77. The van der Waals surface area contributed by atoms with Gasteiger partial charge in [0, 0.05) is 12.1 Å². The average molecular weight is 417 g/mol. The molecule has 3 atom stereocenters. The van der Waals surface area contributed by atoms with Crippen LogP contribution in [0, 0.1) is 0 Å². The monoisotopic (exact) mass is 416 g/mol. The zero-order valence-electron chi connectivity index (χ0n) is 16.4. The van der Waals surface area contributed by atoms with Crippen molar-refractivity contribution in [3.63, 3.8) is 0 Å². The number of hydrogen-bond acceptors (Lipinski definition) is 4. The molecule has 0 saturated carbocycles. The number of nitrogens with one attached hydrogen (secondary N) is 1. The largest absolute Gasteiger partial charge is 0.299 e. The summed E-state index contributed by atoms with van der Waals surface area (Å²) in [6.07, 6.45) is 0.938. The van der Waals surface area contributed by atoms with Crippen LogP contribution < -0.4 is 5.32 Å². The second kappa shape index (κ2) is 7.67. The molecular formula is C25H24N2S2. The number of thioether (sulfide) groups is 2. The predicted octanol–water partition coefficient (Wildman–Crippen LogP) is 5.91. The molecule has 3 aromatic carbocycles. The Morgan fingerprint density at radius 1 is 0.897 bits per heavy atom. The van der Waals surface area contributed by atoms with E-state index in [9.17, 15) is 0 Å². The molecule has 3 aromatic rings. The summed E-state index contributed by atoms with van der Waals surface area (Å²) >= 11 is 3.98. The van der Waals surface area contributed by atoms with Crippen molar-refractivity contribution < 1.29 is 0 Å². The second-order valence-electron chi connectivity index (χ2n) is 7.86. The highest BCUT2D eigenvalue weighted by molar-refractivity contribution is 8.27. The molecule has 2 aliphatic rings. The van der Waals surface area contributed by atoms with Crippen molar-refractivity contribution in [3.8, 4) is 0 Å². The van der Waals surface area contributed by atoms with Crippen molar-refractivity contribution in [2.24, 2.45) is 4.99 Å². The number of rotatable bonds is 4. The van der Waals surface area contributed by atoms with Crippen molar-refractivity contribution in [1.82, 2.24) is 5.32 Å². The quantitative estimate of drug-likeness (QED) is 0.572. The molecule has 0 unspecified atom stereocenters. The Bertz CT molecular complexity index is 1010. The van der Waals surface area contributed by atoms with Crippen LogP contribution in [0.1, 0.15) is 29.0 Å². The van der Waals surface area contributed by atoms with Crippen LogP contribution >= 0.6 is 23.5 Å². The Morgan fingerprint density at radius 3 is 2.21 bits per heavy atom. The van der Waals surface area contributed by atoms with E-state index >= 15 is 0 Å². The summed E-state index contributed by atoms with van der Waals surface area (Å²) in [5.74, 6) is 0. The van der Waals surface area contributed by atoms with Gasteiger partial charge in [0.05, 0.1) is 16.0 Å². The molecule has 1 N–H and O–H groups in total. The minimum atomic E-state index is -0.189. The van der Waals surface area contributed by atoms with E-state index in [2.05, 4.69) is 103 Å². The lowest BCUT2D eigenvalue weighted by atomic mass is 9.89. The van der Waals surface area contributed by atoms with Crippen LogP contribution in [0.25, 0.3) is 0 Å². The van der Waals surface area contributed by atoms with Gasteiger partial charge in [-0.2, -0.15) is 0 Å². The first-order valence-electron chi connectivity index (χ1n) is 10.0. The smallest absolute Gasteiger partial charge is 0.107 e. The lowest BCUT2D eigenvalue weighted by Gasteiger charge is -2.37. The highest BCUT2D eigenvalue weighted by Crippen LogP contribution is 2.61. The van der Waals surface area contributed by atoms with Crippen molar-refractivity contribution in [2.75, 3.05) is 6.54 Å². The fourth-order valence-corrected chi connectivity index (χ4v) is 7.57. The molecule has 5 rings (SSSR count). The zero-order chi connectivity index (χ0) is 19.7. The molecule has 2 aliphatic heterocycles. The van der Waals surface area contributed by atoms with E-state index in [4.69, 9.17) is 4.99 Å². The molecular weight excluding hydrogens is 392 g/mol. The summed E-state index contributed by atoms with van der Waals surface area (Å²) in [7, 11) is 0. The highest BCUT2D eigenvalue weighted by Gasteiger charge is 2.58. The van der Waals surface area contributed by atoms with Gasteiger partial charge in [-0.05, 0) is 24.5 Å². The van der Waals surface area contributed by atoms with E-state index in [0.29, 0.717) is 5.37 Å². The summed E-state index contributed by atoms with van der Waals surface area (Å²) in [5.41, 5.74) is 3.71. The van der Waals surface area contributed by atoms with Crippen LogP contribution in [0.3, 0.4) is 0 Å². The molecule has 29 heavy (non-hydrogen) atoms. The van der Waals surface area contributed by atoms with E-state index in [-0.39, 0.29) is 9.62 Å². The van der Waals surface area contributed by atoms with E-state index < -0.39 is 0 Å². The maximum Gasteiger partial charge on any atom is 0.107 e. The van der Waals surface area contributed by atoms with Crippen LogP contribution in [-0.2, 0) is 6.42 Å². The second-order valence-corrected chi connectivity index (χ2v) is 10.8. The summed E-state index contributed by atoms with van der Waals surface area (Å²) in [6, 6.07) is 32.2. The van der Waals surface area contributed by atoms with E-state index in [1.807, 2.05) is 23.5 Å². The molecule has 146 valence electrons. The first-order valence-corrected chi connectivity index (χ1v) is 11.7. The molecule has 2 heterocycles. The molecule has 0 bridgehead atoms. The first kappa shape index (κ1) is 19.0. The van der Waals surface area contributed by atoms with Crippen molar-refractivity contribution >= 4 is 28.6 Å². The van der Waals surface area contributed by atoms with Gasteiger partial charge in [0.1, 0.15) is 4.08 Å². The molecule has 4 heteroatoms. The van der Waals surface area contributed by atoms with Crippen LogP contribution in [-0.4, -0.2) is 21.2 Å². The van der Waals surface area contributed by atoms with Gasteiger partial charge in [-0.1, -0.05) is 103 Å². The molecule has 0 aromatic heterocycles. The minimum absolute atomic E-state index is 0.0332. The molecule has 0 amide bonds. The van der Waals surface area contributed by atoms with Crippen molar-refractivity contribution in [3.05, 3.63) is 108 Å². The van der Waals surface area contributed by atoms with Gasteiger partial charge in [0.15, 0.2) is 0 Å². The SMILES string of the molecule is C[C@]1(Cc2ccccc2)N=C(c2ccccc2)S[C@]12CN[C@H](c1ccccc1)S2. The van der Waals surface area contributed by atoms with Crippen molar-refractivity contribution in [1.29, 1.82) is 0 Å². The number of aliphatic imine (C=N–C) groups is 1. The molecule has 1 spiro atoms. The van der Waals surface area contributed by atoms with E-state index in [0.717, 1.165) is 18.0 Å². The molecule has 2 nitrogen and oxygen atoms in total. The minimum Gasteiger partial charge on any atom is -0.299 e. The molecule has 0 radical (unpaired) electrons. The summed E-state index contributed by atoms with van der Waals surface area (Å²) in [5, 5.41) is 5.24. The zero-order valence-corrected chi connectivity index (χ0v) is 18.0. The Hall–Kier alpha value is -2.01. The number of hydrogen-bond donors (Lipinski definition) is 1. The Morgan fingerprint density at radius 2 is 1.52 bits per heavy atom. The predicted molar refractivity (Wildman–Crippen MR) is 127 cm³/mol. The average Bonchev–Trinajstić information content (AvgIpc) is 3.32. The van der Waals surface area contributed by atoms with Crippen LogP contribution in [0.2, 0.25) is 0 Å². The Labute approximate surface area is 181 Å². The Balaban J connectivity index is 1.51. The van der Waals surface area contributed by atoms with Crippen LogP contribution in [0.15, 0.2) is 96.0 Å². The van der Waals surface area contributed by atoms with E-state index in [1.165, 1.54) is 16.7 Å². The summed E-state index contributed by atoms with van der Waals surface area (Å²) in [4.78, 5) is 5.37. The normalized spacial score (nSPS) is 28.6. The fourth-order valence-electron chi connectivity index (χ4n) is 4.16. The Kier molecular flexibility index (Phi) is 5.02. The van der Waals surface area contributed by atoms with Crippen LogP contribution in [0.4, 0.5) is 0 Å². The van der Waals surface area contributed by atoms with Gasteiger partial charge in [-0.25, -0.2) is 0 Å². The van der Waals surface area contributed by atoms with Gasteiger partial charge in [0.2, 0.25) is 0 Å². The summed E-state index contributed by atoms with van der Waals surface area (Å²) < 4.78 is -0.0332. The van der Waals surface area contributed by atoms with Crippen molar-refractivity contribution in [2.45, 2.75) is 28.3 Å². The maximum atomic E-state index is 5.37. The lowest BCUT2D eigenvalue weighted by molar-refractivity contribution is 0.429. The van der Waals surface area contributed by atoms with Crippen LogP contribution in [0.5, 0.6) is 0 Å². The number of nitrogens with zero attached hydrogens (tertiary/aromatic N) is 1.